The van der Waals surface area contributed by atoms with E-state index in [0.717, 1.165) is 18.4 Å². The van der Waals surface area contributed by atoms with Crippen LogP contribution in [0.3, 0.4) is 0 Å². The highest BCUT2D eigenvalue weighted by atomic mass is 16.5. The van der Waals surface area contributed by atoms with E-state index in [2.05, 4.69) is 5.32 Å². The summed E-state index contributed by atoms with van der Waals surface area (Å²) in [6.07, 6.45) is 1.92. The number of likely N-dealkylation sites (tertiary alicyclic amines) is 1. The van der Waals surface area contributed by atoms with E-state index < -0.39 is 0 Å². The first-order valence-corrected chi connectivity index (χ1v) is 8.35. The van der Waals surface area contributed by atoms with Crippen LogP contribution in [0.4, 0.5) is 0 Å². The fraction of sp³-hybridized carbons (Fsp3) is 0.556. The first-order valence-electron chi connectivity index (χ1n) is 8.35. The summed E-state index contributed by atoms with van der Waals surface area (Å²) in [4.78, 5) is 25.9. The Kier molecular flexibility index (Phi) is 6.46. The van der Waals surface area contributed by atoms with Gasteiger partial charge in [-0.1, -0.05) is 13.0 Å². The second-order valence-corrected chi connectivity index (χ2v) is 5.97. The number of rotatable bonds is 8. The monoisotopic (exact) mass is 334 g/mol. The second kappa shape index (κ2) is 8.57. The maximum Gasteiger partial charge on any atom is 0.225 e. The van der Waals surface area contributed by atoms with Crippen molar-refractivity contribution in [3.05, 3.63) is 23.8 Å². The Morgan fingerprint density at radius 1 is 1.29 bits per heavy atom. The van der Waals surface area contributed by atoms with Crippen LogP contribution in [0.1, 0.15) is 25.3 Å². The Balaban J connectivity index is 1.90. The SMILES string of the molecule is CCCNC(=O)C1CC(=O)N(CCc2ccc(OC)c(OC)c2)C1. The summed E-state index contributed by atoms with van der Waals surface area (Å²) < 4.78 is 10.5. The molecule has 6 nitrogen and oxygen atoms in total. The van der Waals surface area contributed by atoms with Gasteiger partial charge in [-0.3, -0.25) is 9.59 Å². The van der Waals surface area contributed by atoms with E-state index in [1.807, 2.05) is 25.1 Å². The standard InChI is InChI=1S/C18H26N2O4/c1-4-8-19-18(22)14-11-17(21)20(12-14)9-7-13-5-6-15(23-2)16(10-13)24-3/h5-6,10,14H,4,7-9,11-12H2,1-3H3,(H,19,22). The summed E-state index contributed by atoms with van der Waals surface area (Å²) in [6, 6.07) is 5.75. The first kappa shape index (κ1) is 18.1. The molecule has 1 unspecified atom stereocenters. The molecule has 1 fully saturated rings. The van der Waals surface area contributed by atoms with Crippen LogP contribution in [0, 0.1) is 5.92 Å². The molecular weight excluding hydrogens is 308 g/mol. The van der Waals surface area contributed by atoms with Crippen LogP contribution in [0.15, 0.2) is 18.2 Å². The van der Waals surface area contributed by atoms with Crippen molar-refractivity contribution in [2.45, 2.75) is 26.2 Å². The molecule has 0 spiro atoms. The summed E-state index contributed by atoms with van der Waals surface area (Å²) in [5.74, 6) is 1.17. The van der Waals surface area contributed by atoms with Gasteiger partial charge in [-0.15, -0.1) is 0 Å². The predicted molar refractivity (Wildman–Crippen MR) is 91.2 cm³/mol. The number of amides is 2. The number of ether oxygens (including phenoxy) is 2. The third kappa shape index (κ3) is 4.40. The minimum atomic E-state index is -0.227. The summed E-state index contributed by atoms with van der Waals surface area (Å²) >= 11 is 0. The van der Waals surface area contributed by atoms with Gasteiger partial charge in [0.15, 0.2) is 11.5 Å². The van der Waals surface area contributed by atoms with Crippen LogP contribution in [-0.2, 0) is 16.0 Å². The van der Waals surface area contributed by atoms with Crippen LogP contribution < -0.4 is 14.8 Å². The summed E-state index contributed by atoms with van der Waals surface area (Å²) in [5.41, 5.74) is 1.07. The fourth-order valence-corrected chi connectivity index (χ4v) is 2.86. The molecule has 0 radical (unpaired) electrons. The lowest BCUT2D eigenvalue weighted by Gasteiger charge is -2.17. The van der Waals surface area contributed by atoms with Gasteiger partial charge in [0.2, 0.25) is 11.8 Å². The van der Waals surface area contributed by atoms with Crippen molar-refractivity contribution in [2.24, 2.45) is 5.92 Å². The van der Waals surface area contributed by atoms with Gasteiger partial charge in [-0.05, 0) is 30.5 Å². The zero-order valence-corrected chi connectivity index (χ0v) is 14.6. The molecule has 1 saturated heterocycles. The normalized spacial score (nSPS) is 17.0. The van der Waals surface area contributed by atoms with Crippen molar-refractivity contribution >= 4 is 11.8 Å². The van der Waals surface area contributed by atoms with Gasteiger partial charge in [0, 0.05) is 26.1 Å². The van der Waals surface area contributed by atoms with Gasteiger partial charge in [-0.2, -0.15) is 0 Å². The molecule has 1 aliphatic heterocycles. The van der Waals surface area contributed by atoms with E-state index in [0.29, 0.717) is 37.6 Å². The zero-order valence-electron chi connectivity index (χ0n) is 14.6. The van der Waals surface area contributed by atoms with E-state index in [-0.39, 0.29) is 17.7 Å². The number of nitrogens with zero attached hydrogens (tertiary/aromatic N) is 1. The molecule has 0 bridgehead atoms. The summed E-state index contributed by atoms with van der Waals surface area (Å²) in [5, 5.41) is 2.87. The van der Waals surface area contributed by atoms with E-state index in [1.165, 1.54) is 0 Å². The van der Waals surface area contributed by atoms with Gasteiger partial charge >= 0.3 is 0 Å². The van der Waals surface area contributed by atoms with Crippen LogP contribution in [0.5, 0.6) is 11.5 Å². The fourth-order valence-electron chi connectivity index (χ4n) is 2.86. The molecule has 1 N–H and O–H groups in total. The summed E-state index contributed by atoms with van der Waals surface area (Å²) in [6.45, 7) is 3.78. The lowest BCUT2D eigenvalue weighted by molar-refractivity contribution is -0.129. The number of hydrogen-bond donors (Lipinski definition) is 1. The van der Waals surface area contributed by atoms with Crippen LogP contribution in [0.25, 0.3) is 0 Å². The highest BCUT2D eigenvalue weighted by Crippen LogP contribution is 2.28. The molecule has 1 aromatic carbocycles. The largest absolute Gasteiger partial charge is 0.493 e. The molecule has 1 atom stereocenters. The predicted octanol–water partition coefficient (Wildman–Crippen LogP) is 1.62. The van der Waals surface area contributed by atoms with Crippen LogP contribution >= 0.6 is 0 Å². The minimum absolute atomic E-state index is 0.0150. The number of hydrogen-bond acceptors (Lipinski definition) is 4. The lowest BCUT2D eigenvalue weighted by Crippen LogP contribution is -2.33. The van der Waals surface area contributed by atoms with Crippen molar-refractivity contribution in [1.82, 2.24) is 10.2 Å². The molecule has 2 rings (SSSR count). The average molecular weight is 334 g/mol. The van der Waals surface area contributed by atoms with Gasteiger partial charge in [0.25, 0.3) is 0 Å². The van der Waals surface area contributed by atoms with Crippen molar-refractivity contribution in [2.75, 3.05) is 33.9 Å². The Bertz CT molecular complexity index is 588. The third-order valence-electron chi connectivity index (χ3n) is 4.25. The lowest BCUT2D eigenvalue weighted by atomic mass is 10.1. The molecule has 6 heteroatoms. The smallest absolute Gasteiger partial charge is 0.225 e. The van der Waals surface area contributed by atoms with Crippen LogP contribution in [0.2, 0.25) is 0 Å². The Morgan fingerprint density at radius 3 is 2.71 bits per heavy atom. The molecule has 24 heavy (non-hydrogen) atoms. The third-order valence-corrected chi connectivity index (χ3v) is 4.25. The van der Waals surface area contributed by atoms with Crippen molar-refractivity contribution in [3.8, 4) is 11.5 Å². The van der Waals surface area contributed by atoms with E-state index in [9.17, 15) is 9.59 Å². The molecular formula is C18H26N2O4. The number of nitrogens with one attached hydrogen (secondary N) is 1. The number of benzene rings is 1. The van der Waals surface area contributed by atoms with Gasteiger partial charge in [-0.25, -0.2) is 0 Å². The Labute approximate surface area is 143 Å². The zero-order chi connectivity index (χ0) is 17.5. The number of carbonyl (C=O) groups is 2. The van der Waals surface area contributed by atoms with Crippen molar-refractivity contribution in [1.29, 1.82) is 0 Å². The van der Waals surface area contributed by atoms with E-state index in [4.69, 9.17) is 9.47 Å². The van der Waals surface area contributed by atoms with E-state index >= 15 is 0 Å². The highest BCUT2D eigenvalue weighted by Gasteiger charge is 2.33. The first-order chi connectivity index (χ1) is 11.6. The number of carbonyl (C=O) groups excluding carboxylic acids is 2. The summed E-state index contributed by atoms with van der Waals surface area (Å²) in [7, 11) is 3.20. The van der Waals surface area contributed by atoms with Gasteiger partial charge in [0.1, 0.15) is 0 Å². The van der Waals surface area contributed by atoms with Gasteiger partial charge < -0.3 is 19.7 Å². The number of methoxy groups -OCH3 is 2. The second-order valence-electron chi connectivity index (χ2n) is 5.97. The molecule has 1 aliphatic rings. The van der Waals surface area contributed by atoms with Crippen LogP contribution in [-0.4, -0.2) is 50.6 Å². The Morgan fingerprint density at radius 2 is 2.04 bits per heavy atom. The quantitative estimate of drug-likeness (QED) is 0.784. The van der Waals surface area contributed by atoms with Crippen molar-refractivity contribution < 1.29 is 19.1 Å². The molecule has 0 aliphatic carbocycles. The Hall–Kier alpha value is -2.24. The minimum Gasteiger partial charge on any atom is -0.493 e. The molecule has 1 heterocycles. The van der Waals surface area contributed by atoms with Gasteiger partial charge in [0.05, 0.1) is 20.1 Å². The molecule has 0 aromatic heterocycles. The maximum atomic E-state index is 12.1. The topological polar surface area (TPSA) is 67.9 Å². The maximum absolute atomic E-state index is 12.1. The van der Waals surface area contributed by atoms with Crippen molar-refractivity contribution in [3.63, 3.8) is 0 Å². The molecule has 0 saturated carbocycles. The molecule has 1 aromatic rings. The highest BCUT2D eigenvalue weighted by molar-refractivity contribution is 5.89. The molecule has 132 valence electrons. The molecule has 2 amide bonds. The average Bonchev–Trinajstić information content (AvgIpc) is 2.98. The van der Waals surface area contributed by atoms with E-state index in [1.54, 1.807) is 19.1 Å².